The van der Waals surface area contributed by atoms with E-state index in [1.165, 1.54) is 0 Å². The summed E-state index contributed by atoms with van der Waals surface area (Å²) in [6.07, 6.45) is 1.23. The average molecular weight is 415 g/mol. The summed E-state index contributed by atoms with van der Waals surface area (Å²) in [4.78, 5) is 15.9. The number of aliphatic hydroxyl groups is 1. The summed E-state index contributed by atoms with van der Waals surface area (Å²) in [5, 5.41) is 19.9. The number of hydrogen-bond donors (Lipinski definition) is 4. The number of aliphatic imine (C=N–C) groups is 1. The second kappa shape index (κ2) is 9.67. The van der Waals surface area contributed by atoms with Crippen LogP contribution in [0.25, 0.3) is 0 Å². The number of fused-ring (bicyclic) bond motifs is 1. The molecule has 1 aromatic carbocycles. The fourth-order valence-electron chi connectivity index (χ4n) is 3.16. The second-order valence-electron chi connectivity index (χ2n) is 7.52. The lowest BCUT2D eigenvalue weighted by Crippen LogP contribution is -2.40. The number of benzene rings is 1. The van der Waals surface area contributed by atoms with E-state index in [0.29, 0.717) is 37.8 Å². The van der Waals surface area contributed by atoms with Crippen molar-refractivity contribution in [2.75, 3.05) is 31.6 Å². The van der Waals surface area contributed by atoms with E-state index in [0.717, 1.165) is 29.2 Å². The minimum atomic E-state index is -1.19. The Kier molecular flexibility index (Phi) is 6.99. The molecule has 0 fully saturated rings. The molecule has 3 rings (SSSR count). The Morgan fingerprint density at radius 3 is 2.87 bits per heavy atom. The number of carbonyl (C=O) groups excluding carboxylic acids is 1. The number of guanidine groups is 1. The average Bonchev–Trinajstić information content (AvgIpc) is 3.16. The predicted octanol–water partition coefficient (Wildman–Crippen LogP) is 2.31. The van der Waals surface area contributed by atoms with Crippen LogP contribution >= 0.6 is 0 Å². The van der Waals surface area contributed by atoms with Crippen molar-refractivity contribution < 1.29 is 19.1 Å². The minimum absolute atomic E-state index is 0.0526. The second-order valence-corrected chi connectivity index (χ2v) is 7.52. The molecule has 162 valence electrons. The molecule has 1 amide bonds. The third-order valence-corrected chi connectivity index (χ3v) is 4.80. The summed E-state index contributed by atoms with van der Waals surface area (Å²) in [5.74, 6) is 2.66. The van der Waals surface area contributed by atoms with E-state index < -0.39 is 5.60 Å². The van der Waals surface area contributed by atoms with E-state index in [9.17, 15) is 9.90 Å². The molecule has 1 aliphatic rings. The lowest BCUT2D eigenvalue weighted by molar-refractivity contribution is -0.116. The van der Waals surface area contributed by atoms with Crippen LogP contribution in [0.1, 0.15) is 37.4 Å². The van der Waals surface area contributed by atoms with Crippen LogP contribution in [0.3, 0.4) is 0 Å². The van der Waals surface area contributed by atoms with E-state index >= 15 is 0 Å². The van der Waals surface area contributed by atoms with Gasteiger partial charge in [0.25, 0.3) is 0 Å². The molecular weight excluding hydrogens is 384 g/mol. The standard InChI is InChI=1S/C22H30N4O4/c1-4-23-21(25-14-22(3,28)19-9-5-15(2)30-19)24-11-12-29-17-7-8-18-16(13-17)6-10-20(27)26-18/h5,7-9,13,28H,4,6,10-12,14H2,1-3H3,(H,26,27)(H2,23,24,25). The number of rotatable bonds is 8. The number of furan rings is 1. The van der Waals surface area contributed by atoms with Crippen molar-refractivity contribution in [2.24, 2.45) is 4.99 Å². The van der Waals surface area contributed by atoms with Crippen molar-refractivity contribution >= 4 is 17.6 Å². The van der Waals surface area contributed by atoms with Crippen molar-refractivity contribution in [3.63, 3.8) is 0 Å². The van der Waals surface area contributed by atoms with Crippen LogP contribution in [0, 0.1) is 6.92 Å². The summed E-state index contributed by atoms with van der Waals surface area (Å²) in [6, 6.07) is 9.29. The zero-order valence-electron chi connectivity index (χ0n) is 17.7. The third-order valence-electron chi connectivity index (χ3n) is 4.80. The van der Waals surface area contributed by atoms with E-state index in [1.54, 1.807) is 13.0 Å². The van der Waals surface area contributed by atoms with Crippen LogP contribution in [0.15, 0.2) is 39.7 Å². The van der Waals surface area contributed by atoms with Gasteiger partial charge < -0.3 is 30.2 Å². The molecule has 0 spiro atoms. The lowest BCUT2D eigenvalue weighted by atomic mass is 10.0. The maximum Gasteiger partial charge on any atom is 0.224 e. The number of ether oxygens (including phenoxy) is 1. The van der Waals surface area contributed by atoms with Gasteiger partial charge in [0.2, 0.25) is 5.91 Å². The van der Waals surface area contributed by atoms with Crippen molar-refractivity contribution in [3.05, 3.63) is 47.4 Å². The molecule has 0 saturated carbocycles. The lowest BCUT2D eigenvalue weighted by Gasteiger charge is -2.20. The SMILES string of the molecule is CCNC(=NCC(C)(O)c1ccc(C)o1)NCCOc1ccc2c(c1)CCC(=O)N2. The molecule has 8 nitrogen and oxygen atoms in total. The first kappa shape index (κ1) is 21.7. The number of carbonyl (C=O) groups is 1. The molecule has 0 aliphatic carbocycles. The van der Waals surface area contributed by atoms with Gasteiger partial charge in [-0.25, -0.2) is 4.99 Å². The molecule has 0 radical (unpaired) electrons. The van der Waals surface area contributed by atoms with Crippen LogP contribution < -0.4 is 20.7 Å². The number of amides is 1. The fraction of sp³-hybridized carbons (Fsp3) is 0.455. The summed E-state index contributed by atoms with van der Waals surface area (Å²) >= 11 is 0. The fourth-order valence-corrected chi connectivity index (χ4v) is 3.16. The molecule has 30 heavy (non-hydrogen) atoms. The van der Waals surface area contributed by atoms with E-state index in [4.69, 9.17) is 9.15 Å². The predicted molar refractivity (Wildman–Crippen MR) is 116 cm³/mol. The Morgan fingerprint density at radius 1 is 1.30 bits per heavy atom. The Labute approximate surface area is 176 Å². The van der Waals surface area contributed by atoms with Gasteiger partial charge in [-0.15, -0.1) is 0 Å². The van der Waals surface area contributed by atoms with Gasteiger partial charge in [0, 0.05) is 18.7 Å². The number of hydrogen-bond acceptors (Lipinski definition) is 5. The number of anilines is 1. The van der Waals surface area contributed by atoms with Crippen molar-refractivity contribution in [1.82, 2.24) is 10.6 Å². The van der Waals surface area contributed by atoms with Crippen LogP contribution in [-0.2, 0) is 16.8 Å². The molecule has 1 aliphatic heterocycles. The molecule has 2 heterocycles. The number of nitrogens with zero attached hydrogens (tertiary/aromatic N) is 1. The molecular formula is C22H30N4O4. The monoisotopic (exact) mass is 414 g/mol. The first-order valence-electron chi connectivity index (χ1n) is 10.2. The third kappa shape index (κ3) is 5.76. The normalized spacial score (nSPS) is 15.7. The molecule has 1 unspecified atom stereocenters. The first-order valence-corrected chi connectivity index (χ1v) is 10.2. The Hall–Kier alpha value is -3.00. The van der Waals surface area contributed by atoms with Crippen molar-refractivity contribution in [2.45, 2.75) is 39.2 Å². The van der Waals surface area contributed by atoms with E-state index in [-0.39, 0.29) is 12.5 Å². The zero-order chi connectivity index (χ0) is 21.6. The van der Waals surface area contributed by atoms with Gasteiger partial charge in [-0.2, -0.15) is 0 Å². The van der Waals surface area contributed by atoms with E-state index in [2.05, 4.69) is 20.9 Å². The van der Waals surface area contributed by atoms with Crippen LogP contribution in [-0.4, -0.2) is 43.2 Å². The quantitative estimate of drug-likeness (QED) is 0.300. The highest BCUT2D eigenvalue weighted by molar-refractivity contribution is 5.94. The maximum absolute atomic E-state index is 11.4. The number of aryl methyl sites for hydroxylation is 2. The molecule has 8 heteroatoms. The van der Waals surface area contributed by atoms with Gasteiger partial charge in [-0.1, -0.05) is 0 Å². The Morgan fingerprint density at radius 2 is 2.13 bits per heavy atom. The first-order chi connectivity index (χ1) is 14.4. The molecule has 1 atom stereocenters. The molecule has 0 bridgehead atoms. The topological polar surface area (TPSA) is 108 Å². The van der Waals surface area contributed by atoms with Gasteiger partial charge in [0.1, 0.15) is 29.5 Å². The van der Waals surface area contributed by atoms with Crippen molar-refractivity contribution in [3.8, 4) is 5.75 Å². The minimum Gasteiger partial charge on any atom is -0.492 e. The highest BCUT2D eigenvalue weighted by Gasteiger charge is 2.26. The smallest absolute Gasteiger partial charge is 0.224 e. The van der Waals surface area contributed by atoms with Crippen LogP contribution in [0.2, 0.25) is 0 Å². The molecule has 4 N–H and O–H groups in total. The maximum atomic E-state index is 11.4. The van der Waals surface area contributed by atoms with E-state index in [1.807, 2.05) is 38.1 Å². The molecule has 2 aromatic rings. The summed E-state index contributed by atoms with van der Waals surface area (Å²) in [5.41, 5.74) is 0.758. The number of nitrogens with one attached hydrogen (secondary N) is 3. The summed E-state index contributed by atoms with van der Waals surface area (Å²) in [7, 11) is 0. The van der Waals surface area contributed by atoms with Gasteiger partial charge in [-0.05, 0) is 63.1 Å². The van der Waals surface area contributed by atoms with Gasteiger partial charge in [0.15, 0.2) is 5.96 Å². The largest absolute Gasteiger partial charge is 0.492 e. The summed E-state index contributed by atoms with van der Waals surface area (Å²) in [6.45, 7) is 7.35. The van der Waals surface area contributed by atoms with Gasteiger partial charge >= 0.3 is 0 Å². The van der Waals surface area contributed by atoms with Crippen LogP contribution in [0.5, 0.6) is 5.75 Å². The van der Waals surface area contributed by atoms with Gasteiger partial charge in [-0.3, -0.25) is 4.79 Å². The van der Waals surface area contributed by atoms with Crippen LogP contribution in [0.4, 0.5) is 5.69 Å². The van der Waals surface area contributed by atoms with Crippen molar-refractivity contribution in [1.29, 1.82) is 0 Å². The highest BCUT2D eigenvalue weighted by atomic mass is 16.5. The van der Waals surface area contributed by atoms with Gasteiger partial charge in [0.05, 0.1) is 13.1 Å². The summed E-state index contributed by atoms with van der Waals surface area (Å²) < 4.78 is 11.4. The molecule has 1 aromatic heterocycles. The highest BCUT2D eigenvalue weighted by Crippen LogP contribution is 2.26. The molecule has 0 saturated heterocycles. The Balaban J connectivity index is 1.50. The zero-order valence-corrected chi connectivity index (χ0v) is 17.7. The Bertz CT molecular complexity index is 904.